The molecule has 0 aliphatic carbocycles. The van der Waals surface area contributed by atoms with E-state index in [2.05, 4.69) is 0 Å². The summed E-state index contributed by atoms with van der Waals surface area (Å²) in [5, 5.41) is 0.428. The molecule has 41 heavy (non-hydrogen) atoms. The maximum absolute atomic E-state index is 13.5. The molecule has 0 bridgehead atoms. The molecule has 5 rings (SSSR count). The van der Waals surface area contributed by atoms with E-state index in [4.69, 9.17) is 26.1 Å². The molecule has 0 radical (unpaired) electrons. The summed E-state index contributed by atoms with van der Waals surface area (Å²) in [7, 11) is 1.49. The van der Waals surface area contributed by atoms with Gasteiger partial charge in [-0.3, -0.25) is 4.90 Å². The summed E-state index contributed by atoms with van der Waals surface area (Å²) in [5.74, 6) is 1.16. The van der Waals surface area contributed by atoms with Gasteiger partial charge in [-0.1, -0.05) is 11.6 Å². The molecule has 2 aromatic carbocycles. The first kappa shape index (κ1) is 28.8. The van der Waals surface area contributed by atoms with Crippen LogP contribution in [0.2, 0.25) is 5.02 Å². The fraction of sp³-hybridized carbons (Fsp3) is 0.357. The first-order valence-electron chi connectivity index (χ1n) is 12.6. The topological polar surface area (TPSA) is 54.9 Å². The zero-order valence-corrected chi connectivity index (χ0v) is 22.6. The standard InChI is InChI=1S/C28H24ClF6N3O3/c1-15-25(16-10-17(27(30,31)32)12-18(11-16)28(33,34)35)41-26(39)38(15)14-22-20(5-7-24(36-22)37-8-3-9-37)21-13-19(29)4-6-23(21)40-2/h4-7,10-13,15,25H,3,8-9,14H2,1-2H3/t15-,25-/m0/s1. The zero-order valence-electron chi connectivity index (χ0n) is 21.8. The summed E-state index contributed by atoms with van der Waals surface area (Å²) in [6.07, 6.45) is -11.3. The van der Waals surface area contributed by atoms with Crippen LogP contribution in [-0.4, -0.2) is 42.2 Å². The van der Waals surface area contributed by atoms with E-state index in [1.807, 2.05) is 17.0 Å². The minimum absolute atomic E-state index is 0.0402. The Morgan fingerprint density at radius 2 is 1.63 bits per heavy atom. The molecule has 2 atom stereocenters. The van der Waals surface area contributed by atoms with Crippen molar-refractivity contribution in [2.45, 2.75) is 44.4 Å². The quantitative estimate of drug-likeness (QED) is 0.271. The van der Waals surface area contributed by atoms with Gasteiger partial charge in [0.15, 0.2) is 0 Å². The summed E-state index contributed by atoms with van der Waals surface area (Å²) < 4.78 is 91.7. The number of halogens is 7. The Balaban J connectivity index is 1.53. The lowest BCUT2D eigenvalue weighted by Gasteiger charge is -2.33. The minimum atomic E-state index is -5.03. The van der Waals surface area contributed by atoms with Gasteiger partial charge in [0.1, 0.15) is 17.7 Å². The summed E-state index contributed by atoms with van der Waals surface area (Å²) in [6, 6.07) is 8.94. The van der Waals surface area contributed by atoms with E-state index < -0.39 is 47.3 Å². The monoisotopic (exact) mass is 599 g/mol. The molecule has 0 N–H and O–H groups in total. The van der Waals surface area contributed by atoms with E-state index >= 15 is 0 Å². The molecule has 3 heterocycles. The number of alkyl halides is 6. The van der Waals surface area contributed by atoms with Crippen LogP contribution in [-0.2, 0) is 23.6 Å². The molecule has 2 aliphatic rings. The first-order valence-corrected chi connectivity index (χ1v) is 13.0. The van der Waals surface area contributed by atoms with Crippen molar-refractivity contribution >= 4 is 23.5 Å². The van der Waals surface area contributed by atoms with E-state index in [1.165, 1.54) is 18.9 Å². The number of cyclic esters (lactones) is 1. The number of amides is 1. The Morgan fingerprint density at radius 3 is 2.20 bits per heavy atom. The normalized spacial score (nSPS) is 19.3. The van der Waals surface area contributed by atoms with Gasteiger partial charge in [-0.25, -0.2) is 9.78 Å². The number of pyridine rings is 1. The Kier molecular flexibility index (Phi) is 7.47. The third-order valence-corrected chi connectivity index (χ3v) is 7.48. The number of benzene rings is 2. The maximum atomic E-state index is 13.5. The highest BCUT2D eigenvalue weighted by molar-refractivity contribution is 6.31. The number of carbonyl (C=O) groups is 1. The first-order chi connectivity index (χ1) is 19.3. The van der Waals surface area contributed by atoms with Crippen molar-refractivity contribution in [1.29, 1.82) is 0 Å². The number of carbonyl (C=O) groups excluding carboxylic acids is 1. The van der Waals surface area contributed by atoms with E-state index in [0.717, 1.165) is 19.5 Å². The molecule has 0 spiro atoms. The number of anilines is 1. The largest absolute Gasteiger partial charge is 0.496 e. The third-order valence-electron chi connectivity index (χ3n) is 7.24. The van der Waals surface area contributed by atoms with Gasteiger partial charge in [-0.15, -0.1) is 0 Å². The molecule has 1 aromatic heterocycles. The van der Waals surface area contributed by atoms with E-state index in [1.54, 1.807) is 18.2 Å². The summed E-state index contributed by atoms with van der Waals surface area (Å²) >= 11 is 6.25. The number of ether oxygens (including phenoxy) is 2. The molecule has 0 unspecified atom stereocenters. The van der Waals surface area contributed by atoms with Crippen LogP contribution in [0.15, 0.2) is 48.5 Å². The highest BCUT2D eigenvalue weighted by Gasteiger charge is 2.43. The molecule has 0 saturated carbocycles. The summed E-state index contributed by atoms with van der Waals surface area (Å²) in [4.78, 5) is 21.1. The van der Waals surface area contributed by atoms with Crippen LogP contribution < -0.4 is 9.64 Å². The van der Waals surface area contributed by atoms with Gasteiger partial charge >= 0.3 is 18.4 Å². The Morgan fingerprint density at radius 1 is 0.976 bits per heavy atom. The predicted molar refractivity (Wildman–Crippen MR) is 139 cm³/mol. The Bertz CT molecular complexity index is 1440. The van der Waals surface area contributed by atoms with Gasteiger partial charge in [0.25, 0.3) is 0 Å². The van der Waals surface area contributed by atoms with Crippen LogP contribution in [0.4, 0.5) is 37.0 Å². The lowest BCUT2D eigenvalue weighted by molar-refractivity contribution is -0.143. The lowest BCUT2D eigenvalue weighted by atomic mass is 9.97. The van der Waals surface area contributed by atoms with Crippen LogP contribution in [0.3, 0.4) is 0 Å². The number of hydrogen-bond donors (Lipinski definition) is 0. The van der Waals surface area contributed by atoms with E-state index in [-0.39, 0.29) is 12.6 Å². The molecule has 1 amide bonds. The average Bonchev–Trinajstić information content (AvgIpc) is 3.15. The molecular weight excluding hydrogens is 576 g/mol. The van der Waals surface area contributed by atoms with Crippen LogP contribution in [0.1, 0.15) is 41.8 Å². The highest BCUT2D eigenvalue weighted by Crippen LogP contribution is 2.42. The second-order valence-electron chi connectivity index (χ2n) is 9.86. The number of nitrogens with zero attached hydrogens (tertiary/aromatic N) is 3. The fourth-order valence-corrected chi connectivity index (χ4v) is 5.10. The van der Waals surface area contributed by atoms with Gasteiger partial charge in [-0.05, 0) is 67.4 Å². The predicted octanol–water partition coefficient (Wildman–Crippen LogP) is 7.74. The SMILES string of the molecule is COc1ccc(Cl)cc1-c1ccc(N2CCC2)nc1CN1C(=O)O[C@H](c2cc(C(F)(F)F)cc(C(F)(F)F)c2)[C@@H]1C. The molecule has 6 nitrogen and oxygen atoms in total. The summed E-state index contributed by atoms with van der Waals surface area (Å²) in [5.41, 5.74) is -1.75. The number of methoxy groups -OCH3 is 1. The van der Waals surface area contributed by atoms with E-state index in [9.17, 15) is 31.1 Å². The second kappa shape index (κ2) is 10.6. The van der Waals surface area contributed by atoms with Gasteiger partial charge in [0.05, 0.1) is 36.5 Å². The molecule has 13 heteroatoms. The average molecular weight is 600 g/mol. The fourth-order valence-electron chi connectivity index (χ4n) is 4.93. The number of hydrogen-bond acceptors (Lipinski definition) is 5. The Labute approximate surface area is 236 Å². The maximum Gasteiger partial charge on any atom is 0.416 e. The number of rotatable bonds is 6. The van der Waals surface area contributed by atoms with Gasteiger partial charge < -0.3 is 14.4 Å². The molecule has 2 aliphatic heterocycles. The zero-order chi connectivity index (χ0) is 29.7. The van der Waals surface area contributed by atoms with Crippen molar-refractivity contribution in [3.63, 3.8) is 0 Å². The van der Waals surface area contributed by atoms with Crippen molar-refractivity contribution in [1.82, 2.24) is 9.88 Å². The van der Waals surface area contributed by atoms with Crippen molar-refractivity contribution in [3.8, 4) is 16.9 Å². The lowest BCUT2D eigenvalue weighted by Crippen LogP contribution is -2.38. The molecule has 2 fully saturated rings. The van der Waals surface area contributed by atoms with Crippen LogP contribution in [0, 0.1) is 0 Å². The van der Waals surface area contributed by atoms with Crippen molar-refractivity contribution in [2.24, 2.45) is 0 Å². The van der Waals surface area contributed by atoms with Gasteiger partial charge in [0, 0.05) is 29.2 Å². The van der Waals surface area contributed by atoms with Crippen molar-refractivity contribution < 1.29 is 40.6 Å². The summed E-state index contributed by atoms with van der Waals surface area (Å²) in [6.45, 7) is 2.97. The van der Waals surface area contributed by atoms with Crippen LogP contribution in [0.5, 0.6) is 5.75 Å². The van der Waals surface area contributed by atoms with Crippen molar-refractivity contribution in [3.05, 3.63) is 75.9 Å². The highest BCUT2D eigenvalue weighted by atomic mass is 35.5. The molecule has 3 aromatic rings. The van der Waals surface area contributed by atoms with Crippen LogP contribution >= 0.6 is 11.6 Å². The van der Waals surface area contributed by atoms with Gasteiger partial charge in [0.2, 0.25) is 0 Å². The van der Waals surface area contributed by atoms with Gasteiger partial charge in [-0.2, -0.15) is 26.3 Å². The number of aromatic nitrogens is 1. The molecule has 2 saturated heterocycles. The van der Waals surface area contributed by atoms with Crippen LogP contribution in [0.25, 0.3) is 11.1 Å². The Hall–Kier alpha value is -3.67. The van der Waals surface area contributed by atoms with E-state index in [0.29, 0.717) is 45.5 Å². The molecule has 218 valence electrons. The molecular formula is C28H24ClF6N3O3. The van der Waals surface area contributed by atoms with Crippen molar-refractivity contribution in [2.75, 3.05) is 25.1 Å². The smallest absolute Gasteiger partial charge is 0.416 e. The third kappa shape index (κ3) is 5.74. The second-order valence-corrected chi connectivity index (χ2v) is 10.3. The minimum Gasteiger partial charge on any atom is -0.496 e.